The molecule has 4 rings (SSSR count). The lowest BCUT2D eigenvalue weighted by Gasteiger charge is -2.20. The number of aromatic nitrogens is 2. The highest BCUT2D eigenvalue weighted by molar-refractivity contribution is 6.04. The zero-order valence-corrected chi connectivity index (χ0v) is 19.6. The van der Waals surface area contributed by atoms with Gasteiger partial charge in [0.15, 0.2) is 5.82 Å². The minimum atomic E-state index is -4.91. The summed E-state index contributed by atoms with van der Waals surface area (Å²) in [5.41, 5.74) is -0.517. The Labute approximate surface area is 207 Å². The van der Waals surface area contributed by atoms with E-state index in [0.29, 0.717) is 6.54 Å². The SMILES string of the molecule is CCn1ccc(N2C[C@@H](c3c(F)cc(OC)cc3F)[C@H](NC(=O)c3ccc(OC(F)(F)F)cc3)C2=O)n1. The smallest absolute Gasteiger partial charge is 0.497 e. The average Bonchev–Trinajstić information content (AvgIpc) is 3.43. The molecule has 1 N–H and O–H groups in total. The van der Waals surface area contributed by atoms with Gasteiger partial charge >= 0.3 is 6.36 Å². The number of hydrogen-bond donors (Lipinski definition) is 1. The standard InChI is InChI=1S/C24H21F5N4O4/c1-3-32-9-8-19(31-32)33-12-16(20-17(25)10-15(36-2)11-18(20)26)21(23(33)35)30-22(34)13-4-6-14(7-5-13)37-24(27,28)29/h4-11,16,21H,3,12H2,1-2H3,(H,30,34)/t16-,21-/m0/s1. The molecule has 0 saturated carbocycles. The molecule has 2 aromatic carbocycles. The van der Waals surface area contributed by atoms with E-state index in [1.807, 2.05) is 6.92 Å². The molecule has 8 nitrogen and oxygen atoms in total. The lowest BCUT2D eigenvalue weighted by atomic mass is 9.92. The number of benzene rings is 2. The Kier molecular flexibility index (Phi) is 7.05. The number of carbonyl (C=O) groups is 2. The Bertz CT molecular complexity index is 1290. The molecule has 3 aromatic rings. The van der Waals surface area contributed by atoms with Gasteiger partial charge in [0.2, 0.25) is 0 Å². The van der Waals surface area contributed by atoms with Crippen molar-refractivity contribution in [2.45, 2.75) is 31.8 Å². The molecule has 2 atom stereocenters. The van der Waals surface area contributed by atoms with E-state index in [-0.39, 0.29) is 23.7 Å². The van der Waals surface area contributed by atoms with Gasteiger partial charge in [-0.15, -0.1) is 13.2 Å². The number of hydrogen-bond acceptors (Lipinski definition) is 5. The summed E-state index contributed by atoms with van der Waals surface area (Å²) in [5.74, 6) is -4.96. The van der Waals surface area contributed by atoms with Gasteiger partial charge in [0, 0.05) is 54.5 Å². The second-order valence-corrected chi connectivity index (χ2v) is 8.11. The van der Waals surface area contributed by atoms with Crippen molar-refractivity contribution in [3.63, 3.8) is 0 Å². The van der Waals surface area contributed by atoms with E-state index in [2.05, 4.69) is 15.2 Å². The lowest BCUT2D eigenvalue weighted by molar-refractivity contribution is -0.274. The minimum Gasteiger partial charge on any atom is -0.497 e. The summed E-state index contributed by atoms with van der Waals surface area (Å²) >= 11 is 0. The van der Waals surface area contributed by atoms with E-state index in [9.17, 15) is 31.5 Å². The number of anilines is 1. The first kappa shape index (κ1) is 25.9. The van der Waals surface area contributed by atoms with Crippen LogP contribution in [0.5, 0.6) is 11.5 Å². The van der Waals surface area contributed by atoms with Crippen molar-refractivity contribution in [3.8, 4) is 11.5 Å². The highest BCUT2D eigenvalue weighted by Gasteiger charge is 2.46. The molecule has 1 saturated heterocycles. The van der Waals surface area contributed by atoms with Gasteiger partial charge in [0.05, 0.1) is 7.11 Å². The van der Waals surface area contributed by atoms with Crippen molar-refractivity contribution in [1.82, 2.24) is 15.1 Å². The van der Waals surface area contributed by atoms with Crippen LogP contribution in [-0.4, -0.2) is 47.7 Å². The quantitative estimate of drug-likeness (QED) is 0.472. The maximum atomic E-state index is 15.0. The topological polar surface area (TPSA) is 85.7 Å². The van der Waals surface area contributed by atoms with Crippen LogP contribution in [0.15, 0.2) is 48.7 Å². The highest BCUT2D eigenvalue weighted by atomic mass is 19.4. The first-order valence-electron chi connectivity index (χ1n) is 11.0. The van der Waals surface area contributed by atoms with Crippen LogP contribution in [0, 0.1) is 11.6 Å². The number of halogens is 5. The monoisotopic (exact) mass is 524 g/mol. The molecule has 0 spiro atoms. The Morgan fingerprint density at radius 2 is 1.76 bits per heavy atom. The summed E-state index contributed by atoms with van der Waals surface area (Å²) in [6.45, 7) is 2.16. The molecular weight excluding hydrogens is 503 g/mol. The van der Waals surface area contributed by atoms with Crippen molar-refractivity contribution < 1.29 is 41.0 Å². The number of nitrogens with one attached hydrogen (secondary N) is 1. The molecule has 0 unspecified atom stereocenters. The fourth-order valence-electron chi connectivity index (χ4n) is 4.10. The van der Waals surface area contributed by atoms with Gasteiger partial charge in [-0.25, -0.2) is 8.78 Å². The van der Waals surface area contributed by atoms with Gasteiger partial charge in [-0.2, -0.15) is 5.10 Å². The third kappa shape index (κ3) is 5.49. The summed E-state index contributed by atoms with van der Waals surface area (Å²) in [6.07, 6.45) is -3.28. The molecule has 37 heavy (non-hydrogen) atoms. The third-order valence-electron chi connectivity index (χ3n) is 5.84. The van der Waals surface area contributed by atoms with Crippen molar-refractivity contribution in [3.05, 3.63) is 71.4 Å². The largest absolute Gasteiger partial charge is 0.573 e. The number of carbonyl (C=O) groups excluding carboxylic acids is 2. The number of nitrogens with zero attached hydrogens (tertiary/aromatic N) is 3. The fourth-order valence-corrected chi connectivity index (χ4v) is 4.10. The second-order valence-electron chi connectivity index (χ2n) is 8.11. The Morgan fingerprint density at radius 3 is 2.30 bits per heavy atom. The molecule has 0 aliphatic carbocycles. The van der Waals surface area contributed by atoms with Gasteiger partial charge < -0.3 is 14.8 Å². The first-order chi connectivity index (χ1) is 17.5. The predicted octanol–water partition coefficient (Wildman–Crippen LogP) is 4.02. The van der Waals surface area contributed by atoms with E-state index in [0.717, 1.165) is 36.4 Å². The Balaban J connectivity index is 1.65. The third-order valence-corrected chi connectivity index (χ3v) is 5.84. The van der Waals surface area contributed by atoms with Crippen LogP contribution in [0.1, 0.15) is 28.8 Å². The van der Waals surface area contributed by atoms with Crippen LogP contribution >= 0.6 is 0 Å². The summed E-state index contributed by atoms with van der Waals surface area (Å²) in [7, 11) is 1.24. The normalized spacial score (nSPS) is 17.7. The van der Waals surface area contributed by atoms with E-state index >= 15 is 0 Å². The molecule has 2 amide bonds. The van der Waals surface area contributed by atoms with Crippen LogP contribution in [0.25, 0.3) is 0 Å². The van der Waals surface area contributed by atoms with Gasteiger partial charge in [0.1, 0.15) is 29.2 Å². The Hall–Kier alpha value is -4.16. The van der Waals surface area contributed by atoms with Gasteiger partial charge in [-0.05, 0) is 31.2 Å². The molecule has 1 aliphatic heterocycles. The summed E-state index contributed by atoms with van der Waals surface area (Å²) in [4.78, 5) is 27.5. The molecule has 0 radical (unpaired) electrons. The first-order valence-corrected chi connectivity index (χ1v) is 11.0. The van der Waals surface area contributed by atoms with E-state index in [1.54, 1.807) is 16.9 Å². The molecular formula is C24H21F5N4O4. The molecule has 13 heteroatoms. The van der Waals surface area contributed by atoms with E-state index in [4.69, 9.17) is 4.74 Å². The fraction of sp³-hybridized carbons (Fsp3) is 0.292. The molecule has 196 valence electrons. The number of amides is 2. The molecule has 0 bridgehead atoms. The summed E-state index contributed by atoms with van der Waals surface area (Å²) < 4.78 is 77.5. The molecule has 1 aliphatic rings. The van der Waals surface area contributed by atoms with Crippen molar-refractivity contribution in [1.29, 1.82) is 0 Å². The minimum absolute atomic E-state index is 0.0663. The second kappa shape index (κ2) is 10.1. The molecule has 1 fully saturated rings. The predicted molar refractivity (Wildman–Crippen MR) is 120 cm³/mol. The van der Waals surface area contributed by atoms with Crippen LogP contribution < -0.4 is 19.7 Å². The number of aryl methyl sites for hydroxylation is 1. The van der Waals surface area contributed by atoms with Crippen LogP contribution in [-0.2, 0) is 11.3 Å². The zero-order chi connectivity index (χ0) is 26.9. The van der Waals surface area contributed by atoms with Crippen molar-refractivity contribution >= 4 is 17.6 Å². The van der Waals surface area contributed by atoms with Crippen LogP contribution in [0.3, 0.4) is 0 Å². The maximum Gasteiger partial charge on any atom is 0.573 e. The lowest BCUT2D eigenvalue weighted by Crippen LogP contribution is -2.44. The van der Waals surface area contributed by atoms with Crippen molar-refractivity contribution in [2.24, 2.45) is 0 Å². The maximum absolute atomic E-state index is 15.0. The number of methoxy groups -OCH3 is 1. The summed E-state index contributed by atoms with van der Waals surface area (Å²) in [6, 6.07) is 6.10. The number of rotatable bonds is 7. The zero-order valence-electron chi connectivity index (χ0n) is 19.6. The van der Waals surface area contributed by atoms with E-state index in [1.165, 1.54) is 12.0 Å². The van der Waals surface area contributed by atoms with Gasteiger partial charge in [-0.1, -0.05) is 0 Å². The highest BCUT2D eigenvalue weighted by Crippen LogP contribution is 2.36. The van der Waals surface area contributed by atoms with Gasteiger partial charge in [-0.3, -0.25) is 19.2 Å². The Morgan fingerprint density at radius 1 is 1.11 bits per heavy atom. The average molecular weight is 524 g/mol. The summed E-state index contributed by atoms with van der Waals surface area (Å²) in [5, 5.41) is 6.74. The van der Waals surface area contributed by atoms with Crippen LogP contribution in [0.2, 0.25) is 0 Å². The van der Waals surface area contributed by atoms with Gasteiger partial charge in [0.25, 0.3) is 11.8 Å². The number of alkyl halides is 3. The number of ether oxygens (including phenoxy) is 2. The van der Waals surface area contributed by atoms with E-state index < -0.39 is 53.1 Å². The molecule has 1 aromatic heterocycles. The van der Waals surface area contributed by atoms with Crippen molar-refractivity contribution in [2.75, 3.05) is 18.6 Å². The van der Waals surface area contributed by atoms with Crippen LogP contribution in [0.4, 0.5) is 27.8 Å². The molecule has 2 heterocycles.